The second-order valence-electron chi connectivity index (χ2n) is 6.96. The molecule has 176 valence electrons. The van der Waals surface area contributed by atoms with Gasteiger partial charge in [-0.15, -0.1) is 0 Å². The summed E-state index contributed by atoms with van der Waals surface area (Å²) in [5.74, 6) is 0.868. The molecule has 2 aromatic heterocycles. The van der Waals surface area contributed by atoms with Crippen molar-refractivity contribution in [1.29, 1.82) is 0 Å². The first-order chi connectivity index (χ1) is 15.8. The number of halogens is 3. The monoisotopic (exact) mass is 463 g/mol. The first kappa shape index (κ1) is 23.9. The van der Waals surface area contributed by atoms with Crippen LogP contribution in [0.5, 0.6) is 17.2 Å². The van der Waals surface area contributed by atoms with Crippen molar-refractivity contribution < 1.29 is 27.4 Å². The number of aromatic nitrogens is 3. The van der Waals surface area contributed by atoms with Gasteiger partial charge in [0.15, 0.2) is 11.5 Å². The molecule has 0 unspecified atom stereocenters. The van der Waals surface area contributed by atoms with Gasteiger partial charge in [0.1, 0.15) is 11.4 Å². The molecular weight excluding hydrogens is 439 g/mol. The van der Waals surface area contributed by atoms with Crippen LogP contribution in [0.3, 0.4) is 0 Å². The normalized spacial score (nSPS) is 11.1. The van der Waals surface area contributed by atoms with E-state index in [-0.39, 0.29) is 18.3 Å². The predicted molar refractivity (Wildman–Crippen MR) is 118 cm³/mol. The molecule has 0 fully saturated rings. The Bertz CT molecular complexity index is 1060. The molecule has 11 heteroatoms. The Kier molecular flexibility index (Phi) is 7.41. The van der Waals surface area contributed by atoms with Crippen LogP contribution in [0.15, 0.2) is 42.7 Å². The fourth-order valence-corrected chi connectivity index (χ4v) is 3.14. The molecule has 0 saturated carbocycles. The first-order valence-electron chi connectivity index (χ1n) is 9.89. The van der Waals surface area contributed by atoms with Gasteiger partial charge in [0, 0.05) is 55.9 Å². The van der Waals surface area contributed by atoms with Crippen molar-refractivity contribution in [3.8, 4) is 17.2 Å². The molecular formula is C22H24F3N5O3. The van der Waals surface area contributed by atoms with Crippen LogP contribution in [0.25, 0.3) is 0 Å². The van der Waals surface area contributed by atoms with Crippen LogP contribution in [-0.2, 0) is 12.6 Å². The topological polar surface area (TPSA) is 81.6 Å². The molecule has 0 aliphatic rings. The number of benzene rings is 1. The van der Waals surface area contributed by atoms with E-state index in [0.717, 1.165) is 11.9 Å². The number of pyridine rings is 1. The molecule has 1 N–H and O–H groups in total. The number of anilines is 3. The van der Waals surface area contributed by atoms with Gasteiger partial charge in [-0.3, -0.25) is 4.98 Å². The van der Waals surface area contributed by atoms with Crippen molar-refractivity contribution in [3.63, 3.8) is 0 Å². The summed E-state index contributed by atoms with van der Waals surface area (Å²) < 4.78 is 56.8. The molecule has 0 radical (unpaired) electrons. The molecule has 0 atom stereocenters. The molecule has 33 heavy (non-hydrogen) atoms. The number of hydrogen-bond donors (Lipinski definition) is 1. The van der Waals surface area contributed by atoms with Gasteiger partial charge in [0.05, 0.1) is 21.3 Å². The fourth-order valence-electron chi connectivity index (χ4n) is 3.14. The largest absolute Gasteiger partial charge is 0.493 e. The summed E-state index contributed by atoms with van der Waals surface area (Å²) in [6.45, 7) is 0.279. The van der Waals surface area contributed by atoms with Crippen molar-refractivity contribution in [2.24, 2.45) is 0 Å². The third-order valence-electron chi connectivity index (χ3n) is 4.79. The van der Waals surface area contributed by atoms with Crippen LogP contribution < -0.4 is 24.4 Å². The molecule has 0 saturated heterocycles. The van der Waals surface area contributed by atoms with Crippen LogP contribution in [0.4, 0.5) is 30.6 Å². The summed E-state index contributed by atoms with van der Waals surface area (Å²) in [4.78, 5) is 13.6. The highest BCUT2D eigenvalue weighted by molar-refractivity contribution is 5.66. The van der Waals surface area contributed by atoms with Gasteiger partial charge in [-0.1, -0.05) is 6.07 Å². The van der Waals surface area contributed by atoms with Crippen LogP contribution in [0.1, 0.15) is 11.3 Å². The van der Waals surface area contributed by atoms with E-state index in [2.05, 4.69) is 20.3 Å². The summed E-state index contributed by atoms with van der Waals surface area (Å²) in [6, 6.07) is 8.63. The Morgan fingerprint density at radius 3 is 2.24 bits per heavy atom. The Hall–Kier alpha value is -3.76. The molecule has 3 aromatic rings. The molecule has 0 amide bonds. The van der Waals surface area contributed by atoms with Gasteiger partial charge in [-0.05, 0) is 12.1 Å². The minimum Gasteiger partial charge on any atom is -0.493 e. The molecule has 0 aliphatic heterocycles. The maximum absolute atomic E-state index is 13.6. The van der Waals surface area contributed by atoms with E-state index < -0.39 is 11.7 Å². The molecule has 1 aromatic carbocycles. The molecule has 8 nitrogen and oxygen atoms in total. The summed E-state index contributed by atoms with van der Waals surface area (Å²) in [5.41, 5.74) is 0.288. The number of methoxy groups -OCH3 is 3. The number of nitrogens with one attached hydrogen (secondary N) is 1. The quantitative estimate of drug-likeness (QED) is 0.502. The number of nitrogens with zero attached hydrogens (tertiary/aromatic N) is 4. The van der Waals surface area contributed by atoms with E-state index in [9.17, 15) is 13.2 Å². The SMILES string of the molecule is COc1cc(Nc2ncc(C(F)(F)F)c(N(C)CCc3ccccn3)n2)cc(OC)c1OC. The third-order valence-corrected chi connectivity index (χ3v) is 4.79. The van der Waals surface area contributed by atoms with E-state index in [1.807, 2.05) is 12.1 Å². The summed E-state index contributed by atoms with van der Waals surface area (Å²) in [7, 11) is 5.94. The van der Waals surface area contributed by atoms with E-state index >= 15 is 0 Å². The number of likely N-dealkylation sites (N-methyl/N-ethyl adjacent to an activating group) is 1. The van der Waals surface area contributed by atoms with Gasteiger partial charge in [-0.25, -0.2) is 4.98 Å². The Labute approximate surface area is 189 Å². The standard InChI is InChI=1S/C22H24F3N5O3/c1-30(10-8-14-7-5-6-9-26-14)20-16(22(23,24)25)13-27-21(29-20)28-15-11-17(31-2)19(33-4)18(12-15)32-3/h5-7,9,11-13H,8,10H2,1-4H3,(H,27,28,29). The van der Waals surface area contributed by atoms with Crippen LogP contribution in [0.2, 0.25) is 0 Å². The highest BCUT2D eigenvalue weighted by atomic mass is 19.4. The number of alkyl halides is 3. The highest BCUT2D eigenvalue weighted by Gasteiger charge is 2.36. The lowest BCUT2D eigenvalue weighted by Gasteiger charge is -2.22. The zero-order valence-corrected chi connectivity index (χ0v) is 18.6. The molecule has 3 rings (SSSR count). The van der Waals surface area contributed by atoms with Crippen molar-refractivity contribution in [3.05, 3.63) is 54.0 Å². The lowest BCUT2D eigenvalue weighted by Crippen LogP contribution is -2.26. The van der Waals surface area contributed by atoms with Crippen molar-refractivity contribution in [2.45, 2.75) is 12.6 Å². The van der Waals surface area contributed by atoms with Gasteiger partial charge in [0.2, 0.25) is 11.7 Å². The zero-order valence-electron chi connectivity index (χ0n) is 18.6. The van der Waals surface area contributed by atoms with E-state index in [1.165, 1.54) is 26.2 Å². The van der Waals surface area contributed by atoms with Gasteiger partial charge < -0.3 is 24.4 Å². The van der Waals surface area contributed by atoms with Gasteiger partial charge >= 0.3 is 6.18 Å². The lowest BCUT2D eigenvalue weighted by molar-refractivity contribution is -0.137. The lowest BCUT2D eigenvalue weighted by atomic mass is 10.2. The van der Waals surface area contributed by atoms with Crippen LogP contribution >= 0.6 is 0 Å². The number of ether oxygens (including phenoxy) is 3. The van der Waals surface area contributed by atoms with E-state index in [4.69, 9.17) is 14.2 Å². The summed E-state index contributed by atoms with van der Waals surface area (Å²) >= 11 is 0. The van der Waals surface area contributed by atoms with Crippen molar-refractivity contribution >= 4 is 17.5 Å². The van der Waals surface area contributed by atoms with Gasteiger partial charge in [-0.2, -0.15) is 18.2 Å². The molecule has 0 spiro atoms. The molecule has 2 heterocycles. The minimum atomic E-state index is -4.61. The maximum Gasteiger partial charge on any atom is 0.421 e. The first-order valence-corrected chi connectivity index (χ1v) is 9.89. The Balaban J connectivity index is 1.91. The average molecular weight is 463 g/mol. The molecule has 0 aliphatic carbocycles. The second-order valence-corrected chi connectivity index (χ2v) is 6.96. The number of hydrogen-bond acceptors (Lipinski definition) is 8. The highest BCUT2D eigenvalue weighted by Crippen LogP contribution is 2.41. The summed E-state index contributed by atoms with van der Waals surface area (Å²) in [6.07, 6.45) is -1.76. The van der Waals surface area contributed by atoms with Crippen molar-refractivity contribution in [2.75, 3.05) is 45.1 Å². The third kappa shape index (κ3) is 5.73. The predicted octanol–water partition coefficient (Wildman–Crippen LogP) is 4.34. The van der Waals surface area contributed by atoms with E-state index in [1.54, 1.807) is 31.4 Å². The van der Waals surface area contributed by atoms with E-state index in [0.29, 0.717) is 29.4 Å². The smallest absolute Gasteiger partial charge is 0.421 e. The minimum absolute atomic E-state index is 0.0167. The fraction of sp³-hybridized carbons (Fsp3) is 0.318. The second kappa shape index (κ2) is 10.2. The van der Waals surface area contributed by atoms with Crippen LogP contribution in [-0.4, -0.2) is 49.9 Å². The Morgan fingerprint density at radius 2 is 1.70 bits per heavy atom. The average Bonchev–Trinajstić information content (AvgIpc) is 2.81. The molecule has 0 bridgehead atoms. The number of rotatable bonds is 9. The van der Waals surface area contributed by atoms with Crippen molar-refractivity contribution in [1.82, 2.24) is 15.0 Å². The van der Waals surface area contributed by atoms with Gasteiger partial charge in [0.25, 0.3) is 0 Å². The Morgan fingerprint density at radius 1 is 1.00 bits per heavy atom. The maximum atomic E-state index is 13.6. The summed E-state index contributed by atoms with van der Waals surface area (Å²) in [5, 5.41) is 2.91. The zero-order chi connectivity index (χ0) is 24.0. The van der Waals surface area contributed by atoms with Crippen LogP contribution in [0, 0.1) is 0 Å².